The van der Waals surface area contributed by atoms with Crippen LogP contribution in [-0.4, -0.2) is 41.4 Å². The molecule has 86 valence electrons. The van der Waals surface area contributed by atoms with E-state index in [1.54, 1.807) is 0 Å². The molecule has 4 N–H and O–H groups in total. The van der Waals surface area contributed by atoms with Crippen LogP contribution in [0.3, 0.4) is 0 Å². The van der Waals surface area contributed by atoms with Crippen LogP contribution in [-0.2, 0) is 4.79 Å². The molecule has 1 saturated carbocycles. The van der Waals surface area contributed by atoms with Gasteiger partial charge in [0.2, 0.25) is 0 Å². The number of aliphatic carboxylic acids is 1. The Morgan fingerprint density at radius 3 is 2.53 bits per heavy atom. The Morgan fingerprint density at radius 1 is 1.47 bits per heavy atom. The largest absolute Gasteiger partial charge is 0.479 e. The van der Waals surface area contributed by atoms with E-state index in [2.05, 4.69) is 17.6 Å². The third kappa shape index (κ3) is 4.16. The summed E-state index contributed by atoms with van der Waals surface area (Å²) in [5, 5.41) is 22.1. The van der Waals surface area contributed by atoms with Gasteiger partial charge in [-0.25, -0.2) is 9.59 Å². The maximum Gasteiger partial charge on any atom is 0.334 e. The number of carboxylic acids is 1. The Bertz CT molecular complexity index is 256. The maximum absolute atomic E-state index is 11.1. The number of carboxylic acid groups (broad SMARTS) is 1. The lowest BCUT2D eigenvalue weighted by Gasteiger charge is -2.08. The Morgan fingerprint density at radius 2 is 2.07 bits per heavy atom. The van der Waals surface area contributed by atoms with Gasteiger partial charge in [0, 0.05) is 6.54 Å². The van der Waals surface area contributed by atoms with E-state index in [4.69, 9.17) is 10.2 Å². The van der Waals surface area contributed by atoms with Gasteiger partial charge < -0.3 is 20.8 Å². The average Bonchev–Trinajstić information content (AvgIpc) is 2.87. The molecule has 2 unspecified atom stereocenters. The van der Waals surface area contributed by atoms with E-state index < -0.39 is 18.1 Å². The van der Waals surface area contributed by atoms with Crippen LogP contribution in [0.25, 0.3) is 0 Å². The number of aliphatic hydroxyl groups is 1. The number of hydrogen-bond donors (Lipinski definition) is 4. The molecule has 0 radical (unpaired) electrons. The highest BCUT2D eigenvalue weighted by Gasteiger charge is 2.32. The third-order valence-electron chi connectivity index (χ3n) is 2.54. The number of aliphatic hydroxyl groups excluding tert-OH is 1. The minimum absolute atomic E-state index is 0.276. The maximum atomic E-state index is 11.1. The monoisotopic (exact) mass is 216 g/mol. The van der Waals surface area contributed by atoms with Crippen LogP contribution in [0.15, 0.2) is 0 Å². The minimum atomic E-state index is -1.55. The third-order valence-corrected chi connectivity index (χ3v) is 2.54. The predicted molar refractivity (Wildman–Crippen MR) is 52.3 cm³/mol. The molecule has 0 aromatic carbocycles. The zero-order valence-electron chi connectivity index (χ0n) is 8.56. The van der Waals surface area contributed by atoms with Gasteiger partial charge in [-0.1, -0.05) is 6.92 Å². The van der Waals surface area contributed by atoms with Crippen LogP contribution in [0, 0.1) is 11.8 Å². The molecule has 0 saturated heterocycles. The normalized spacial score (nSPS) is 25.5. The van der Waals surface area contributed by atoms with Gasteiger partial charge in [-0.3, -0.25) is 0 Å². The van der Waals surface area contributed by atoms with Gasteiger partial charge in [0.15, 0.2) is 6.10 Å². The van der Waals surface area contributed by atoms with Crippen molar-refractivity contribution in [2.24, 2.45) is 11.8 Å². The summed E-state index contributed by atoms with van der Waals surface area (Å²) < 4.78 is 0. The molecule has 1 aliphatic rings. The van der Waals surface area contributed by atoms with E-state index in [0.717, 1.165) is 6.42 Å². The number of carbonyl (C=O) groups is 2. The molecule has 1 aliphatic carbocycles. The summed E-state index contributed by atoms with van der Waals surface area (Å²) in [6.07, 6.45) is -0.423. The minimum Gasteiger partial charge on any atom is -0.479 e. The van der Waals surface area contributed by atoms with E-state index in [9.17, 15) is 9.59 Å². The highest BCUT2D eigenvalue weighted by molar-refractivity contribution is 5.76. The first-order valence-electron chi connectivity index (χ1n) is 4.93. The molecule has 0 aliphatic heterocycles. The lowest BCUT2D eigenvalue weighted by molar-refractivity contribution is -0.146. The van der Waals surface area contributed by atoms with Gasteiger partial charge in [0.05, 0.1) is 6.54 Å². The molecular formula is C9H16N2O4. The average molecular weight is 216 g/mol. The summed E-state index contributed by atoms with van der Waals surface area (Å²) in [4.78, 5) is 21.3. The fourth-order valence-corrected chi connectivity index (χ4v) is 1.25. The molecule has 0 bridgehead atoms. The molecule has 6 nitrogen and oxygen atoms in total. The summed E-state index contributed by atoms with van der Waals surface area (Å²) in [5.74, 6) is -0.138. The van der Waals surface area contributed by atoms with Crippen LogP contribution in [0.4, 0.5) is 4.79 Å². The van der Waals surface area contributed by atoms with Gasteiger partial charge in [0.25, 0.3) is 0 Å². The number of rotatable bonds is 5. The standard InChI is InChI=1S/C9H16N2O4/c1-5-2-6(5)3-10-9(15)11-4-7(12)8(13)14/h5-7,12H,2-4H2,1H3,(H,13,14)(H2,10,11,15)/t5?,6?,7-/m0/s1. The van der Waals surface area contributed by atoms with Crippen molar-refractivity contribution in [3.63, 3.8) is 0 Å². The summed E-state index contributed by atoms with van der Waals surface area (Å²) in [6.45, 7) is 2.44. The van der Waals surface area contributed by atoms with Crippen LogP contribution in [0.5, 0.6) is 0 Å². The lowest BCUT2D eigenvalue weighted by Crippen LogP contribution is -2.42. The van der Waals surface area contributed by atoms with Crippen LogP contribution in [0.1, 0.15) is 13.3 Å². The first-order valence-corrected chi connectivity index (χ1v) is 4.93. The smallest absolute Gasteiger partial charge is 0.334 e. The van der Waals surface area contributed by atoms with E-state index in [1.807, 2.05) is 0 Å². The quantitative estimate of drug-likeness (QED) is 0.492. The zero-order chi connectivity index (χ0) is 11.4. The second-order valence-corrected chi connectivity index (χ2v) is 3.92. The number of nitrogens with one attached hydrogen (secondary N) is 2. The van der Waals surface area contributed by atoms with Gasteiger partial charge in [-0.15, -0.1) is 0 Å². The number of carbonyl (C=O) groups excluding carboxylic acids is 1. The molecule has 2 amide bonds. The van der Waals surface area contributed by atoms with Gasteiger partial charge in [0.1, 0.15) is 0 Å². The fourth-order valence-electron chi connectivity index (χ4n) is 1.25. The van der Waals surface area contributed by atoms with Crippen LogP contribution < -0.4 is 10.6 Å². The van der Waals surface area contributed by atoms with Crippen molar-refractivity contribution in [3.05, 3.63) is 0 Å². The summed E-state index contributed by atoms with van der Waals surface area (Å²) >= 11 is 0. The van der Waals surface area contributed by atoms with Crippen LogP contribution in [0.2, 0.25) is 0 Å². The van der Waals surface area contributed by atoms with E-state index >= 15 is 0 Å². The van der Waals surface area contributed by atoms with Crippen molar-refractivity contribution in [2.75, 3.05) is 13.1 Å². The highest BCUT2D eigenvalue weighted by Crippen LogP contribution is 2.36. The second-order valence-electron chi connectivity index (χ2n) is 3.92. The zero-order valence-corrected chi connectivity index (χ0v) is 8.56. The molecule has 0 aromatic heterocycles. The van der Waals surface area contributed by atoms with E-state index in [0.29, 0.717) is 18.4 Å². The second kappa shape index (κ2) is 4.97. The van der Waals surface area contributed by atoms with Crippen LogP contribution >= 0.6 is 0 Å². The van der Waals surface area contributed by atoms with Gasteiger partial charge in [-0.2, -0.15) is 0 Å². The van der Waals surface area contributed by atoms with Crippen molar-refractivity contribution in [2.45, 2.75) is 19.4 Å². The fraction of sp³-hybridized carbons (Fsp3) is 0.778. The van der Waals surface area contributed by atoms with Crippen molar-refractivity contribution in [1.82, 2.24) is 10.6 Å². The summed E-state index contributed by atoms with van der Waals surface area (Å²) in [7, 11) is 0. The summed E-state index contributed by atoms with van der Waals surface area (Å²) in [5.41, 5.74) is 0. The first-order chi connectivity index (χ1) is 7.00. The van der Waals surface area contributed by atoms with Crippen molar-refractivity contribution in [3.8, 4) is 0 Å². The topological polar surface area (TPSA) is 98.7 Å². The van der Waals surface area contributed by atoms with Crippen molar-refractivity contribution < 1.29 is 19.8 Å². The molecule has 1 fully saturated rings. The Labute approximate surface area is 87.7 Å². The highest BCUT2D eigenvalue weighted by atomic mass is 16.4. The molecule has 3 atom stereocenters. The van der Waals surface area contributed by atoms with Gasteiger partial charge in [-0.05, 0) is 18.3 Å². The predicted octanol–water partition coefficient (Wildman–Crippen LogP) is -0.613. The molecular weight excluding hydrogens is 200 g/mol. The first kappa shape index (κ1) is 11.8. The SMILES string of the molecule is CC1CC1CNC(=O)NC[C@H](O)C(=O)O. The van der Waals surface area contributed by atoms with Crippen molar-refractivity contribution >= 4 is 12.0 Å². The number of urea groups is 1. The Balaban J connectivity index is 2.05. The Hall–Kier alpha value is -1.30. The number of amides is 2. The van der Waals surface area contributed by atoms with E-state index in [1.165, 1.54) is 0 Å². The molecule has 0 spiro atoms. The molecule has 15 heavy (non-hydrogen) atoms. The van der Waals surface area contributed by atoms with Gasteiger partial charge >= 0.3 is 12.0 Å². The molecule has 0 heterocycles. The lowest BCUT2D eigenvalue weighted by atomic mass is 10.3. The molecule has 6 heteroatoms. The molecule has 1 rings (SSSR count). The number of hydrogen-bond acceptors (Lipinski definition) is 3. The Kier molecular flexibility index (Phi) is 3.90. The molecule has 0 aromatic rings. The summed E-state index contributed by atoms with van der Waals surface area (Å²) in [6, 6.07) is -0.436. The van der Waals surface area contributed by atoms with Crippen molar-refractivity contribution in [1.29, 1.82) is 0 Å². The van der Waals surface area contributed by atoms with E-state index in [-0.39, 0.29) is 6.54 Å².